The highest BCUT2D eigenvalue weighted by Gasteiger charge is 2.21. The average molecular weight is 355 g/mol. The Morgan fingerprint density at radius 1 is 1.26 bits per heavy atom. The van der Waals surface area contributed by atoms with Crippen molar-refractivity contribution in [3.63, 3.8) is 0 Å². The molecule has 23 heavy (non-hydrogen) atoms. The summed E-state index contributed by atoms with van der Waals surface area (Å²) in [7, 11) is 1.98. The van der Waals surface area contributed by atoms with Gasteiger partial charge in [0.15, 0.2) is 0 Å². The van der Waals surface area contributed by atoms with E-state index in [2.05, 4.69) is 40.6 Å². The molecule has 0 saturated heterocycles. The Morgan fingerprint density at radius 2 is 2.09 bits per heavy atom. The van der Waals surface area contributed by atoms with Gasteiger partial charge in [0.2, 0.25) is 0 Å². The third-order valence-electron chi connectivity index (χ3n) is 4.05. The molecule has 0 fully saturated rings. The van der Waals surface area contributed by atoms with Gasteiger partial charge in [0, 0.05) is 25.0 Å². The molecule has 3 rings (SSSR count). The Bertz CT molecular complexity index is 634. The zero-order valence-electron chi connectivity index (χ0n) is 13.5. The number of benzene rings is 1. The Kier molecular flexibility index (Phi) is 8.00. The number of rotatable bonds is 3. The van der Waals surface area contributed by atoms with Crippen LogP contribution in [0.25, 0.3) is 11.1 Å². The highest BCUT2D eigenvalue weighted by atomic mass is 35.5. The smallest absolute Gasteiger partial charge is 0.0951 e. The van der Waals surface area contributed by atoms with Crippen molar-refractivity contribution in [2.45, 2.75) is 25.9 Å². The topological polar surface area (TPSA) is 34.1 Å². The monoisotopic (exact) mass is 354 g/mol. The lowest BCUT2D eigenvalue weighted by atomic mass is 9.91. The van der Waals surface area contributed by atoms with Crippen LogP contribution in [-0.4, -0.2) is 25.2 Å². The van der Waals surface area contributed by atoms with Crippen molar-refractivity contribution in [2.75, 3.05) is 20.2 Å². The first-order chi connectivity index (χ1) is 10.3. The minimum atomic E-state index is 0. The molecule has 1 atom stereocenters. The summed E-state index contributed by atoms with van der Waals surface area (Å²) in [4.78, 5) is 4.31. The molecular formula is C18H24Cl2N2O. The van der Waals surface area contributed by atoms with Gasteiger partial charge in [-0.1, -0.05) is 18.2 Å². The van der Waals surface area contributed by atoms with E-state index >= 15 is 0 Å². The molecule has 0 unspecified atom stereocenters. The molecule has 0 bridgehead atoms. The summed E-state index contributed by atoms with van der Waals surface area (Å²) in [6.45, 7) is 3.72. The largest absolute Gasteiger partial charge is 0.372 e. The fourth-order valence-electron chi connectivity index (χ4n) is 3.09. The number of aromatic nitrogens is 1. The van der Waals surface area contributed by atoms with Crippen LogP contribution in [0.2, 0.25) is 0 Å². The first-order valence-corrected chi connectivity index (χ1v) is 7.60. The number of likely N-dealkylation sites (N-methyl/N-ethyl adjacent to an activating group) is 1. The number of nitrogens with one attached hydrogen (secondary N) is 1. The number of nitrogens with zero attached hydrogens (tertiary/aromatic N) is 1. The number of hydrogen-bond donors (Lipinski definition) is 1. The predicted octanol–water partition coefficient (Wildman–Crippen LogP) is 4.12. The quantitative estimate of drug-likeness (QED) is 0.899. The van der Waals surface area contributed by atoms with Crippen LogP contribution in [0, 0.1) is 6.92 Å². The van der Waals surface area contributed by atoms with Gasteiger partial charge in [0.05, 0.1) is 6.10 Å². The van der Waals surface area contributed by atoms with E-state index in [4.69, 9.17) is 4.74 Å². The molecule has 1 N–H and O–H groups in total. The van der Waals surface area contributed by atoms with Crippen molar-refractivity contribution in [3.05, 3.63) is 53.3 Å². The van der Waals surface area contributed by atoms with E-state index in [0.717, 1.165) is 31.7 Å². The molecule has 0 saturated carbocycles. The molecule has 1 aliphatic heterocycles. The minimum absolute atomic E-state index is 0. The fraction of sp³-hybridized carbons (Fsp3) is 0.389. The van der Waals surface area contributed by atoms with Crippen LogP contribution in [0.1, 0.15) is 29.3 Å². The van der Waals surface area contributed by atoms with Crippen molar-refractivity contribution in [3.8, 4) is 11.1 Å². The van der Waals surface area contributed by atoms with Crippen molar-refractivity contribution < 1.29 is 4.74 Å². The zero-order valence-corrected chi connectivity index (χ0v) is 15.2. The Hall–Kier alpha value is -1.13. The van der Waals surface area contributed by atoms with Crippen molar-refractivity contribution >= 4 is 24.8 Å². The van der Waals surface area contributed by atoms with Gasteiger partial charge < -0.3 is 10.1 Å². The second-order valence-corrected chi connectivity index (χ2v) is 5.58. The normalized spacial score (nSPS) is 16.5. The Morgan fingerprint density at radius 3 is 2.83 bits per heavy atom. The highest BCUT2D eigenvalue weighted by molar-refractivity contribution is 5.85. The van der Waals surface area contributed by atoms with Crippen LogP contribution in [0.5, 0.6) is 0 Å². The summed E-state index contributed by atoms with van der Waals surface area (Å²) < 4.78 is 6.01. The average Bonchev–Trinajstić information content (AvgIpc) is 2.70. The molecule has 0 amide bonds. The second-order valence-electron chi connectivity index (χ2n) is 5.58. The lowest BCUT2D eigenvalue weighted by molar-refractivity contribution is 0.0579. The first kappa shape index (κ1) is 19.9. The number of ether oxygens (including phenoxy) is 1. The van der Waals surface area contributed by atoms with Gasteiger partial charge in [-0.05, 0) is 61.2 Å². The number of halogens is 2. The third kappa shape index (κ3) is 4.45. The van der Waals surface area contributed by atoms with Crippen LogP contribution in [-0.2, 0) is 11.2 Å². The number of hydrogen-bond acceptors (Lipinski definition) is 3. The molecule has 1 aromatic heterocycles. The van der Waals surface area contributed by atoms with E-state index in [-0.39, 0.29) is 30.9 Å². The van der Waals surface area contributed by atoms with E-state index in [0.29, 0.717) is 0 Å². The molecule has 5 heteroatoms. The highest BCUT2D eigenvalue weighted by Crippen LogP contribution is 2.33. The fourth-order valence-corrected chi connectivity index (χ4v) is 3.09. The van der Waals surface area contributed by atoms with Crippen LogP contribution in [0.15, 0.2) is 36.5 Å². The zero-order chi connectivity index (χ0) is 14.7. The maximum atomic E-state index is 6.01. The van der Waals surface area contributed by atoms with Crippen molar-refractivity contribution in [2.24, 2.45) is 0 Å². The molecule has 0 radical (unpaired) electrons. The Balaban J connectivity index is 0.00000132. The molecule has 0 spiro atoms. The molecule has 3 nitrogen and oxygen atoms in total. The van der Waals surface area contributed by atoms with Gasteiger partial charge in [0.1, 0.15) is 0 Å². The first-order valence-electron chi connectivity index (χ1n) is 7.60. The summed E-state index contributed by atoms with van der Waals surface area (Å²) >= 11 is 0. The van der Waals surface area contributed by atoms with Gasteiger partial charge in [-0.25, -0.2) is 0 Å². The van der Waals surface area contributed by atoms with Gasteiger partial charge in [0.25, 0.3) is 0 Å². The maximum absolute atomic E-state index is 6.01. The van der Waals surface area contributed by atoms with Gasteiger partial charge in [-0.2, -0.15) is 0 Å². The van der Waals surface area contributed by atoms with Crippen molar-refractivity contribution in [1.82, 2.24) is 10.3 Å². The van der Waals surface area contributed by atoms with Gasteiger partial charge in [-0.3, -0.25) is 4.98 Å². The molecule has 126 valence electrons. The lowest BCUT2D eigenvalue weighted by Gasteiger charge is -2.19. The van der Waals surface area contributed by atoms with Crippen molar-refractivity contribution in [1.29, 1.82) is 0 Å². The Labute approximate surface area is 150 Å². The summed E-state index contributed by atoms with van der Waals surface area (Å²) in [5, 5.41) is 3.24. The van der Waals surface area contributed by atoms with Crippen LogP contribution in [0.3, 0.4) is 0 Å². The van der Waals surface area contributed by atoms with E-state index in [1.54, 1.807) is 0 Å². The van der Waals surface area contributed by atoms with E-state index in [9.17, 15) is 0 Å². The number of pyridine rings is 1. The van der Waals surface area contributed by atoms with Crippen LogP contribution < -0.4 is 5.32 Å². The summed E-state index contributed by atoms with van der Waals surface area (Å²) in [6.07, 6.45) is 4.19. The summed E-state index contributed by atoms with van der Waals surface area (Å²) in [5.41, 5.74) is 6.39. The summed E-state index contributed by atoms with van der Waals surface area (Å²) in [5.74, 6) is 0. The molecule has 1 aromatic carbocycles. The molecular weight excluding hydrogens is 331 g/mol. The summed E-state index contributed by atoms with van der Waals surface area (Å²) in [6, 6.07) is 10.8. The van der Waals surface area contributed by atoms with E-state index in [1.165, 1.54) is 22.3 Å². The second kappa shape index (κ2) is 9.24. The van der Waals surface area contributed by atoms with Gasteiger partial charge >= 0.3 is 0 Å². The third-order valence-corrected chi connectivity index (χ3v) is 4.05. The molecule has 2 aromatic rings. The van der Waals surface area contributed by atoms with Gasteiger partial charge in [-0.15, -0.1) is 24.8 Å². The van der Waals surface area contributed by atoms with E-state index in [1.807, 2.05) is 20.2 Å². The molecule has 1 aliphatic rings. The maximum Gasteiger partial charge on any atom is 0.0951 e. The SMILES string of the molecule is CNC[C@@H]1OCCCc2c(-c3ccnc(C)c3)cccc21.Cl.Cl. The number of fused-ring (bicyclic) bond motifs is 1. The van der Waals surface area contributed by atoms with Crippen LogP contribution >= 0.6 is 24.8 Å². The van der Waals surface area contributed by atoms with Crippen LogP contribution in [0.4, 0.5) is 0 Å². The standard InChI is InChI=1S/C18H22N2O.2ClH/c1-13-11-14(8-9-20-13)15-5-3-6-17-16(15)7-4-10-21-18(17)12-19-2;;/h3,5-6,8-9,11,18-19H,4,7,10,12H2,1-2H3;2*1H/t18-;;/m0../s1. The minimum Gasteiger partial charge on any atom is -0.372 e. The molecule has 2 heterocycles. The lowest BCUT2D eigenvalue weighted by Crippen LogP contribution is -2.20. The number of aryl methyl sites for hydroxylation is 1. The predicted molar refractivity (Wildman–Crippen MR) is 99.8 cm³/mol. The molecule has 0 aliphatic carbocycles. The van der Waals surface area contributed by atoms with E-state index < -0.39 is 0 Å².